The van der Waals surface area contributed by atoms with Gasteiger partial charge in [0, 0.05) is 11.3 Å². The molecule has 5 heteroatoms. The van der Waals surface area contributed by atoms with Gasteiger partial charge in [-0.3, -0.25) is 4.79 Å². The van der Waals surface area contributed by atoms with Crippen LogP contribution in [0.25, 0.3) is 0 Å². The number of halogens is 2. The van der Waals surface area contributed by atoms with Gasteiger partial charge in [0.25, 0.3) is 5.91 Å². The Labute approximate surface area is 108 Å². The third-order valence-corrected chi connectivity index (χ3v) is 2.63. The highest BCUT2D eigenvalue weighted by atomic mass is 19.1. The molecular weight excluding hydrogens is 252 g/mol. The van der Waals surface area contributed by atoms with Crippen molar-refractivity contribution in [3.63, 3.8) is 0 Å². The van der Waals surface area contributed by atoms with Crippen LogP contribution in [0.2, 0.25) is 0 Å². The Morgan fingerprint density at radius 1 is 1.05 bits per heavy atom. The SMILES string of the molecule is O=C(Nc1ccccc1CO)c1c(F)cccc1F. The maximum absolute atomic E-state index is 13.4. The Kier molecular flexibility index (Phi) is 3.87. The smallest absolute Gasteiger partial charge is 0.261 e. The number of carbonyl (C=O) groups is 1. The molecule has 0 unspecified atom stereocenters. The number of nitrogens with one attached hydrogen (secondary N) is 1. The molecule has 0 radical (unpaired) electrons. The number of benzene rings is 2. The first kappa shape index (κ1) is 13.2. The molecule has 0 fully saturated rings. The van der Waals surface area contributed by atoms with E-state index in [1.165, 1.54) is 6.07 Å². The van der Waals surface area contributed by atoms with E-state index >= 15 is 0 Å². The van der Waals surface area contributed by atoms with Crippen LogP contribution in [0.3, 0.4) is 0 Å². The molecule has 98 valence electrons. The molecule has 2 rings (SSSR count). The second-order valence-corrected chi connectivity index (χ2v) is 3.87. The second-order valence-electron chi connectivity index (χ2n) is 3.87. The zero-order valence-electron chi connectivity index (χ0n) is 9.86. The van der Waals surface area contributed by atoms with E-state index in [4.69, 9.17) is 5.11 Å². The molecule has 0 bridgehead atoms. The van der Waals surface area contributed by atoms with Crippen LogP contribution in [0.5, 0.6) is 0 Å². The molecule has 0 heterocycles. The summed E-state index contributed by atoms with van der Waals surface area (Å²) in [5, 5.41) is 11.5. The third kappa shape index (κ3) is 2.77. The Morgan fingerprint density at radius 2 is 1.68 bits per heavy atom. The van der Waals surface area contributed by atoms with Crippen LogP contribution in [0.15, 0.2) is 42.5 Å². The van der Waals surface area contributed by atoms with Gasteiger partial charge in [-0.2, -0.15) is 0 Å². The number of para-hydroxylation sites is 1. The number of rotatable bonds is 3. The molecule has 0 atom stereocenters. The van der Waals surface area contributed by atoms with Gasteiger partial charge in [0.05, 0.1) is 6.61 Å². The normalized spacial score (nSPS) is 10.3. The van der Waals surface area contributed by atoms with E-state index in [1.807, 2.05) is 0 Å². The van der Waals surface area contributed by atoms with E-state index < -0.39 is 23.1 Å². The lowest BCUT2D eigenvalue weighted by atomic mass is 10.1. The van der Waals surface area contributed by atoms with Gasteiger partial charge in [0.2, 0.25) is 0 Å². The van der Waals surface area contributed by atoms with Gasteiger partial charge in [0.1, 0.15) is 17.2 Å². The summed E-state index contributed by atoms with van der Waals surface area (Å²) in [4.78, 5) is 11.9. The van der Waals surface area contributed by atoms with Crippen LogP contribution in [0, 0.1) is 11.6 Å². The Morgan fingerprint density at radius 3 is 2.32 bits per heavy atom. The number of anilines is 1. The number of hydrogen-bond donors (Lipinski definition) is 2. The summed E-state index contributed by atoms with van der Waals surface area (Å²) >= 11 is 0. The van der Waals surface area contributed by atoms with Gasteiger partial charge >= 0.3 is 0 Å². The molecule has 0 aliphatic heterocycles. The van der Waals surface area contributed by atoms with Gasteiger partial charge in [-0.25, -0.2) is 8.78 Å². The van der Waals surface area contributed by atoms with Crippen LogP contribution >= 0.6 is 0 Å². The van der Waals surface area contributed by atoms with Gasteiger partial charge in [-0.15, -0.1) is 0 Å². The first-order valence-electron chi connectivity index (χ1n) is 5.57. The highest BCUT2D eigenvalue weighted by molar-refractivity contribution is 6.05. The zero-order chi connectivity index (χ0) is 13.8. The monoisotopic (exact) mass is 263 g/mol. The first-order chi connectivity index (χ1) is 9.13. The van der Waals surface area contributed by atoms with Gasteiger partial charge < -0.3 is 10.4 Å². The molecule has 19 heavy (non-hydrogen) atoms. The zero-order valence-corrected chi connectivity index (χ0v) is 9.86. The lowest BCUT2D eigenvalue weighted by molar-refractivity contribution is 0.101. The number of aliphatic hydroxyl groups is 1. The molecule has 0 aliphatic rings. The van der Waals surface area contributed by atoms with Crippen molar-refractivity contribution < 1.29 is 18.7 Å². The van der Waals surface area contributed by atoms with Crippen molar-refractivity contribution in [1.29, 1.82) is 0 Å². The summed E-state index contributed by atoms with van der Waals surface area (Å²) in [7, 11) is 0. The van der Waals surface area contributed by atoms with E-state index in [0.717, 1.165) is 12.1 Å². The maximum Gasteiger partial charge on any atom is 0.261 e. The van der Waals surface area contributed by atoms with Crippen molar-refractivity contribution in [1.82, 2.24) is 0 Å². The molecule has 0 spiro atoms. The summed E-state index contributed by atoms with van der Waals surface area (Å²) in [6.45, 7) is -0.282. The number of amides is 1. The molecular formula is C14H11F2NO2. The van der Waals surface area contributed by atoms with E-state index in [9.17, 15) is 13.6 Å². The van der Waals surface area contributed by atoms with Crippen LogP contribution in [-0.2, 0) is 6.61 Å². The summed E-state index contributed by atoms with van der Waals surface area (Å²) in [5.41, 5.74) is 0.139. The Balaban J connectivity index is 2.31. The molecule has 0 saturated heterocycles. The van der Waals surface area contributed by atoms with Crippen molar-refractivity contribution in [3.05, 3.63) is 65.2 Å². The molecule has 2 aromatic carbocycles. The minimum atomic E-state index is -0.932. The van der Waals surface area contributed by atoms with Crippen LogP contribution in [0.4, 0.5) is 14.5 Å². The Hall–Kier alpha value is -2.27. The third-order valence-electron chi connectivity index (χ3n) is 2.63. The van der Waals surface area contributed by atoms with Gasteiger partial charge in [-0.05, 0) is 18.2 Å². The predicted molar refractivity (Wildman–Crippen MR) is 66.7 cm³/mol. The fourth-order valence-corrected chi connectivity index (χ4v) is 1.68. The number of aliphatic hydroxyl groups excluding tert-OH is 1. The lowest BCUT2D eigenvalue weighted by Gasteiger charge is -2.10. The highest BCUT2D eigenvalue weighted by Gasteiger charge is 2.17. The minimum Gasteiger partial charge on any atom is -0.392 e. The average molecular weight is 263 g/mol. The summed E-state index contributed by atoms with van der Waals surface area (Å²) in [6.07, 6.45) is 0. The van der Waals surface area contributed by atoms with Crippen molar-refractivity contribution >= 4 is 11.6 Å². The molecule has 2 N–H and O–H groups in total. The van der Waals surface area contributed by atoms with E-state index in [-0.39, 0.29) is 6.61 Å². The molecule has 0 aliphatic carbocycles. The molecule has 2 aromatic rings. The van der Waals surface area contributed by atoms with E-state index in [0.29, 0.717) is 11.3 Å². The fraction of sp³-hybridized carbons (Fsp3) is 0.0714. The number of carbonyl (C=O) groups excluding carboxylic acids is 1. The molecule has 1 amide bonds. The van der Waals surface area contributed by atoms with Crippen LogP contribution in [-0.4, -0.2) is 11.0 Å². The van der Waals surface area contributed by atoms with Crippen molar-refractivity contribution in [2.75, 3.05) is 5.32 Å². The molecule has 3 nitrogen and oxygen atoms in total. The van der Waals surface area contributed by atoms with Gasteiger partial charge in [0.15, 0.2) is 0 Å². The minimum absolute atomic E-state index is 0.282. The van der Waals surface area contributed by atoms with E-state index in [2.05, 4.69) is 5.32 Å². The second kappa shape index (κ2) is 5.58. The summed E-state index contributed by atoms with van der Waals surface area (Å²) in [6, 6.07) is 9.68. The van der Waals surface area contributed by atoms with Crippen LogP contribution in [0.1, 0.15) is 15.9 Å². The first-order valence-corrected chi connectivity index (χ1v) is 5.57. The average Bonchev–Trinajstić information content (AvgIpc) is 2.39. The van der Waals surface area contributed by atoms with Crippen LogP contribution < -0.4 is 5.32 Å². The fourth-order valence-electron chi connectivity index (χ4n) is 1.68. The highest BCUT2D eigenvalue weighted by Crippen LogP contribution is 2.18. The quantitative estimate of drug-likeness (QED) is 0.894. The van der Waals surface area contributed by atoms with Gasteiger partial charge in [-0.1, -0.05) is 24.3 Å². The van der Waals surface area contributed by atoms with Crippen molar-refractivity contribution in [2.24, 2.45) is 0 Å². The number of hydrogen-bond acceptors (Lipinski definition) is 2. The topological polar surface area (TPSA) is 49.3 Å². The maximum atomic E-state index is 13.4. The molecule has 0 aromatic heterocycles. The standard InChI is InChI=1S/C14H11F2NO2/c15-10-5-3-6-11(16)13(10)14(19)17-12-7-2-1-4-9(12)8-18/h1-7,18H,8H2,(H,17,19). The largest absolute Gasteiger partial charge is 0.392 e. The summed E-state index contributed by atoms with van der Waals surface area (Å²) in [5.74, 6) is -2.76. The summed E-state index contributed by atoms with van der Waals surface area (Å²) < 4.78 is 26.9. The lowest BCUT2D eigenvalue weighted by Crippen LogP contribution is -2.16. The van der Waals surface area contributed by atoms with Crippen molar-refractivity contribution in [3.8, 4) is 0 Å². The van der Waals surface area contributed by atoms with E-state index in [1.54, 1.807) is 24.3 Å². The predicted octanol–water partition coefficient (Wildman–Crippen LogP) is 2.71. The molecule has 0 saturated carbocycles. The van der Waals surface area contributed by atoms with Crippen molar-refractivity contribution in [2.45, 2.75) is 6.61 Å². The Bertz CT molecular complexity index is 594.